The van der Waals surface area contributed by atoms with Crippen molar-refractivity contribution >= 4 is 39.0 Å². The molecule has 0 aliphatic heterocycles. The van der Waals surface area contributed by atoms with Crippen LogP contribution >= 0.6 is 0 Å². The molecule has 0 spiro atoms. The lowest BCUT2D eigenvalue weighted by molar-refractivity contribution is 0.669. The van der Waals surface area contributed by atoms with Gasteiger partial charge >= 0.3 is 0 Å². The number of benzene rings is 10. The maximum Gasteiger partial charge on any atom is 0.136 e. The van der Waals surface area contributed by atoms with Gasteiger partial charge in [-0.05, 0) is 92.0 Å². The van der Waals surface area contributed by atoms with Gasteiger partial charge in [0.05, 0.1) is 11.4 Å². The molecule has 2 nitrogen and oxygen atoms in total. The van der Waals surface area contributed by atoms with Crippen LogP contribution in [0.3, 0.4) is 0 Å². The summed E-state index contributed by atoms with van der Waals surface area (Å²) in [5.74, 6) is 0. The number of para-hydroxylation sites is 3. The Bertz CT molecular complexity index is 3330. The Labute approximate surface area is 362 Å². The monoisotopic (exact) mass is 791 g/mol. The second kappa shape index (κ2) is 16.1. The van der Waals surface area contributed by atoms with E-state index in [0.29, 0.717) is 0 Å². The van der Waals surface area contributed by atoms with E-state index in [9.17, 15) is 0 Å². The van der Waals surface area contributed by atoms with E-state index < -0.39 is 0 Å². The smallest absolute Gasteiger partial charge is 0.136 e. The molecule has 0 aliphatic carbocycles. The van der Waals surface area contributed by atoms with E-state index in [4.69, 9.17) is 4.42 Å². The third-order valence-electron chi connectivity index (χ3n) is 12.0. The normalized spacial score (nSPS) is 11.2. The number of anilines is 3. The minimum Gasteiger partial charge on any atom is -0.456 e. The number of hydrogen-bond acceptors (Lipinski definition) is 2. The molecule has 0 amide bonds. The Balaban J connectivity index is 1.09. The zero-order valence-electron chi connectivity index (χ0n) is 34.0. The Morgan fingerprint density at radius 1 is 0.242 bits per heavy atom. The number of nitrogens with zero attached hydrogens (tertiary/aromatic N) is 1. The number of hydrogen-bond donors (Lipinski definition) is 0. The Morgan fingerprint density at radius 3 is 1.34 bits per heavy atom. The fraction of sp³-hybridized carbons (Fsp3) is 0. The van der Waals surface area contributed by atoms with Crippen LogP contribution in [0.2, 0.25) is 0 Å². The van der Waals surface area contributed by atoms with Crippen LogP contribution < -0.4 is 4.90 Å². The van der Waals surface area contributed by atoms with Gasteiger partial charge in [0.25, 0.3) is 0 Å². The van der Waals surface area contributed by atoms with Gasteiger partial charge in [-0.1, -0.05) is 212 Å². The lowest BCUT2D eigenvalue weighted by atomic mass is 9.88. The molecule has 11 rings (SSSR count). The van der Waals surface area contributed by atoms with Gasteiger partial charge in [0.15, 0.2) is 0 Å². The van der Waals surface area contributed by atoms with Crippen LogP contribution in [0, 0.1) is 0 Å². The fourth-order valence-corrected chi connectivity index (χ4v) is 9.04. The van der Waals surface area contributed by atoms with Gasteiger partial charge in [0.1, 0.15) is 11.2 Å². The summed E-state index contributed by atoms with van der Waals surface area (Å²) < 4.78 is 6.30. The summed E-state index contributed by atoms with van der Waals surface area (Å²) in [4.78, 5) is 2.44. The fourth-order valence-electron chi connectivity index (χ4n) is 9.04. The lowest BCUT2D eigenvalue weighted by Crippen LogP contribution is -2.12. The van der Waals surface area contributed by atoms with Crippen LogP contribution in [0.1, 0.15) is 0 Å². The molecule has 0 aliphatic rings. The average Bonchev–Trinajstić information content (AvgIpc) is 3.75. The van der Waals surface area contributed by atoms with E-state index in [1.807, 2.05) is 12.1 Å². The van der Waals surface area contributed by atoms with Crippen molar-refractivity contribution in [1.82, 2.24) is 0 Å². The van der Waals surface area contributed by atoms with Crippen molar-refractivity contribution in [3.8, 4) is 66.8 Å². The van der Waals surface area contributed by atoms with Gasteiger partial charge in [0, 0.05) is 27.6 Å². The molecule has 0 saturated heterocycles. The molecule has 62 heavy (non-hydrogen) atoms. The second-order valence-corrected chi connectivity index (χ2v) is 15.6. The summed E-state index contributed by atoms with van der Waals surface area (Å²) in [5.41, 5.74) is 19.1. The standard InChI is InChI=1S/C60H41NO/c1-3-18-42(19-4-1)43-34-36-45(37-35-43)49-23-11-14-30-56(49)61(47-40-38-46(39-41-47)50-29-17-33-59-60(50)55-28-13-16-32-58(55)62-59)57-31-15-12-27-54(57)53-26-10-9-25-52(53)51-24-8-7-22-48(51)44-20-5-2-6-21-44/h1-41H. The molecule has 2 heteroatoms. The van der Waals surface area contributed by atoms with Crippen LogP contribution in [-0.2, 0) is 0 Å². The van der Waals surface area contributed by atoms with E-state index in [0.717, 1.165) is 72.4 Å². The molecule has 0 atom stereocenters. The topological polar surface area (TPSA) is 16.4 Å². The quantitative estimate of drug-likeness (QED) is 0.145. The van der Waals surface area contributed by atoms with Crippen molar-refractivity contribution in [2.24, 2.45) is 0 Å². The Hall–Kier alpha value is -8.20. The first-order chi connectivity index (χ1) is 30.8. The molecule has 0 radical (unpaired) electrons. The van der Waals surface area contributed by atoms with Gasteiger partial charge in [-0.15, -0.1) is 0 Å². The molecule has 11 aromatic rings. The van der Waals surface area contributed by atoms with E-state index >= 15 is 0 Å². The summed E-state index contributed by atoms with van der Waals surface area (Å²) in [6.45, 7) is 0. The van der Waals surface area contributed by atoms with Crippen molar-refractivity contribution in [2.45, 2.75) is 0 Å². The largest absolute Gasteiger partial charge is 0.456 e. The highest BCUT2D eigenvalue weighted by Gasteiger charge is 2.23. The molecule has 1 aromatic heterocycles. The van der Waals surface area contributed by atoms with E-state index in [2.05, 4.69) is 241 Å². The predicted octanol–water partition coefficient (Wildman–Crippen LogP) is 17.1. The van der Waals surface area contributed by atoms with Crippen molar-refractivity contribution in [1.29, 1.82) is 0 Å². The van der Waals surface area contributed by atoms with Crippen molar-refractivity contribution < 1.29 is 4.42 Å². The summed E-state index contributed by atoms with van der Waals surface area (Å²) in [6, 6.07) is 89.1. The summed E-state index contributed by atoms with van der Waals surface area (Å²) in [7, 11) is 0. The number of fused-ring (bicyclic) bond motifs is 3. The third-order valence-corrected chi connectivity index (χ3v) is 12.0. The highest BCUT2D eigenvalue weighted by atomic mass is 16.3. The van der Waals surface area contributed by atoms with Gasteiger partial charge in [-0.2, -0.15) is 0 Å². The van der Waals surface area contributed by atoms with Crippen molar-refractivity contribution in [2.75, 3.05) is 4.90 Å². The highest BCUT2D eigenvalue weighted by molar-refractivity contribution is 6.12. The Morgan fingerprint density at radius 2 is 0.645 bits per heavy atom. The zero-order valence-corrected chi connectivity index (χ0v) is 34.0. The van der Waals surface area contributed by atoms with Gasteiger partial charge in [-0.25, -0.2) is 0 Å². The third kappa shape index (κ3) is 6.74. The number of rotatable bonds is 9. The van der Waals surface area contributed by atoms with Crippen LogP contribution in [0.15, 0.2) is 253 Å². The second-order valence-electron chi connectivity index (χ2n) is 15.6. The molecule has 0 saturated carbocycles. The van der Waals surface area contributed by atoms with Crippen LogP contribution in [0.5, 0.6) is 0 Å². The average molecular weight is 792 g/mol. The van der Waals surface area contributed by atoms with Gasteiger partial charge < -0.3 is 9.32 Å². The Kier molecular flexibility index (Phi) is 9.57. The SMILES string of the molecule is c1ccc(-c2ccc(-c3ccccc3N(c3ccc(-c4cccc5oc6ccccc6c45)cc3)c3ccccc3-c3ccccc3-c3ccccc3-c3ccccc3)cc2)cc1. The minimum absolute atomic E-state index is 0.892. The summed E-state index contributed by atoms with van der Waals surface area (Å²) >= 11 is 0. The minimum atomic E-state index is 0.892. The molecule has 0 unspecified atom stereocenters. The van der Waals surface area contributed by atoms with Crippen LogP contribution in [-0.4, -0.2) is 0 Å². The van der Waals surface area contributed by atoms with Crippen molar-refractivity contribution in [3.63, 3.8) is 0 Å². The first-order valence-electron chi connectivity index (χ1n) is 21.2. The van der Waals surface area contributed by atoms with E-state index in [1.54, 1.807) is 0 Å². The molecular weight excluding hydrogens is 751 g/mol. The molecule has 0 bridgehead atoms. The zero-order chi connectivity index (χ0) is 41.2. The van der Waals surface area contributed by atoms with Gasteiger partial charge in [0.2, 0.25) is 0 Å². The van der Waals surface area contributed by atoms with E-state index in [1.165, 1.54) is 33.4 Å². The maximum absolute atomic E-state index is 6.30. The van der Waals surface area contributed by atoms with Gasteiger partial charge in [-0.3, -0.25) is 0 Å². The van der Waals surface area contributed by atoms with Crippen LogP contribution in [0.4, 0.5) is 17.1 Å². The van der Waals surface area contributed by atoms with E-state index in [-0.39, 0.29) is 0 Å². The molecule has 1 heterocycles. The van der Waals surface area contributed by atoms with Crippen molar-refractivity contribution in [3.05, 3.63) is 249 Å². The molecule has 0 N–H and O–H groups in total. The number of furan rings is 1. The maximum atomic E-state index is 6.30. The molecule has 0 fully saturated rings. The molecular formula is C60H41NO. The highest BCUT2D eigenvalue weighted by Crippen LogP contribution is 2.48. The molecule has 292 valence electrons. The summed E-state index contributed by atoms with van der Waals surface area (Å²) in [6.07, 6.45) is 0. The lowest BCUT2D eigenvalue weighted by Gasteiger charge is -2.30. The predicted molar refractivity (Wildman–Crippen MR) is 261 cm³/mol. The first kappa shape index (κ1) is 36.8. The van der Waals surface area contributed by atoms with Crippen LogP contribution in [0.25, 0.3) is 88.7 Å². The first-order valence-corrected chi connectivity index (χ1v) is 21.2. The summed E-state index contributed by atoms with van der Waals surface area (Å²) in [5, 5.41) is 2.26. The molecule has 10 aromatic carbocycles.